The van der Waals surface area contributed by atoms with Gasteiger partial charge in [-0.05, 0) is 36.5 Å². The summed E-state index contributed by atoms with van der Waals surface area (Å²) in [5, 5.41) is 5.49. The summed E-state index contributed by atoms with van der Waals surface area (Å²) in [6.45, 7) is 2.25. The minimum Gasteiger partial charge on any atom is -0.326 e. The van der Waals surface area contributed by atoms with Gasteiger partial charge in [-0.3, -0.25) is 19.0 Å². The van der Waals surface area contributed by atoms with Gasteiger partial charge >= 0.3 is 11.3 Å². The molecule has 9 nitrogen and oxygen atoms in total. The van der Waals surface area contributed by atoms with E-state index in [2.05, 4.69) is 10.6 Å². The lowest BCUT2D eigenvalue weighted by Crippen LogP contribution is -2.44. The normalized spacial score (nSPS) is 16.9. The average molecular weight is 390 g/mol. The summed E-state index contributed by atoms with van der Waals surface area (Å²) in [7, 11) is 1.62. The van der Waals surface area contributed by atoms with Crippen LogP contribution in [0.5, 0.6) is 0 Å². The van der Waals surface area contributed by atoms with Crippen LogP contribution in [-0.4, -0.2) is 44.6 Å². The fourth-order valence-electron chi connectivity index (χ4n) is 2.96. The minimum absolute atomic E-state index is 0.0622. The first kappa shape index (κ1) is 18.8. The predicted molar refractivity (Wildman–Crippen MR) is 99.5 cm³/mol. The van der Waals surface area contributed by atoms with Gasteiger partial charge in [0.05, 0.1) is 6.42 Å². The van der Waals surface area contributed by atoms with Crippen molar-refractivity contribution in [1.29, 1.82) is 0 Å². The number of aromatic nitrogens is 2. The van der Waals surface area contributed by atoms with Crippen LogP contribution in [0.4, 0.5) is 5.69 Å². The van der Waals surface area contributed by atoms with E-state index in [0.29, 0.717) is 23.0 Å². The standard InChI is InChI=1S/C17H19N5O4S/c1-3-21-15(24)12(9-14(23)18-11-7-5-4-6-8-11)22(17(21)27)10-13-16(25)26-19-20(13)2/h4-8,12H,3,9-10H2,1-2H3,(H-,18,19,23,25)/p+1. The molecule has 10 heteroatoms. The van der Waals surface area contributed by atoms with Gasteiger partial charge in [0.2, 0.25) is 5.91 Å². The van der Waals surface area contributed by atoms with Gasteiger partial charge < -0.3 is 10.2 Å². The third-order valence-corrected chi connectivity index (χ3v) is 4.85. The maximum absolute atomic E-state index is 12.7. The SMILES string of the molecule is CCN1C(=O)C(CC(=O)Nc2ccccc2)N(Cc2c(=O)o[nH][n+]2C)C1=S. The number of amides is 2. The molecule has 1 aromatic carbocycles. The van der Waals surface area contributed by atoms with E-state index < -0.39 is 11.7 Å². The molecule has 27 heavy (non-hydrogen) atoms. The number of aromatic amines is 1. The highest BCUT2D eigenvalue weighted by Crippen LogP contribution is 2.22. The Morgan fingerprint density at radius 1 is 1.33 bits per heavy atom. The molecule has 2 N–H and O–H groups in total. The Labute approximate surface area is 160 Å². The molecule has 1 unspecified atom stereocenters. The number of nitrogens with one attached hydrogen (secondary N) is 2. The summed E-state index contributed by atoms with van der Waals surface area (Å²) in [6.07, 6.45) is -0.0795. The van der Waals surface area contributed by atoms with Crippen LogP contribution < -0.4 is 15.6 Å². The third kappa shape index (κ3) is 3.75. The Kier molecular flexibility index (Phi) is 5.36. The number of nitrogens with zero attached hydrogens (tertiary/aromatic N) is 3. The summed E-state index contributed by atoms with van der Waals surface area (Å²) >= 11 is 5.40. The first-order valence-electron chi connectivity index (χ1n) is 8.45. The molecule has 1 aromatic heterocycles. The molecule has 0 spiro atoms. The Morgan fingerprint density at radius 2 is 2.04 bits per heavy atom. The smallest absolute Gasteiger partial charge is 0.326 e. The molecule has 1 saturated heterocycles. The number of benzene rings is 1. The van der Waals surface area contributed by atoms with Crippen molar-refractivity contribution in [1.82, 2.24) is 15.1 Å². The zero-order valence-corrected chi connectivity index (χ0v) is 15.8. The van der Waals surface area contributed by atoms with Crippen molar-refractivity contribution >= 4 is 34.8 Å². The van der Waals surface area contributed by atoms with Gasteiger partial charge in [0.1, 0.15) is 12.6 Å². The molecular weight excluding hydrogens is 370 g/mol. The van der Waals surface area contributed by atoms with Gasteiger partial charge in [-0.15, -0.1) is 0 Å². The maximum atomic E-state index is 12.7. The highest BCUT2D eigenvalue weighted by atomic mass is 32.1. The van der Waals surface area contributed by atoms with E-state index >= 15 is 0 Å². The van der Waals surface area contributed by atoms with Crippen LogP contribution in [0.1, 0.15) is 19.0 Å². The number of carbonyl (C=O) groups is 2. The number of carbonyl (C=O) groups excluding carboxylic acids is 2. The second kappa shape index (κ2) is 7.70. The van der Waals surface area contributed by atoms with Crippen LogP contribution in [0.15, 0.2) is 39.6 Å². The predicted octanol–water partition coefficient (Wildman–Crippen LogP) is 0.139. The van der Waals surface area contributed by atoms with Gasteiger partial charge in [-0.25, -0.2) is 4.79 Å². The lowest BCUT2D eigenvalue weighted by atomic mass is 10.1. The zero-order valence-electron chi connectivity index (χ0n) is 15.0. The van der Waals surface area contributed by atoms with Crippen LogP contribution in [0.2, 0.25) is 0 Å². The van der Waals surface area contributed by atoms with Crippen LogP contribution >= 0.6 is 12.2 Å². The first-order chi connectivity index (χ1) is 12.9. The monoisotopic (exact) mass is 390 g/mol. The first-order valence-corrected chi connectivity index (χ1v) is 8.86. The molecule has 0 saturated carbocycles. The van der Waals surface area contributed by atoms with Gasteiger partial charge in [0.25, 0.3) is 5.91 Å². The van der Waals surface area contributed by atoms with Crippen molar-refractivity contribution in [3.05, 3.63) is 46.4 Å². The molecule has 0 radical (unpaired) electrons. The zero-order chi connectivity index (χ0) is 19.6. The molecular formula is C17H20N5O4S+. The van der Waals surface area contributed by atoms with E-state index in [1.54, 1.807) is 31.0 Å². The highest BCUT2D eigenvalue weighted by Gasteiger charge is 2.44. The average Bonchev–Trinajstić information content (AvgIpc) is 3.07. The van der Waals surface area contributed by atoms with E-state index in [1.165, 1.54) is 9.58 Å². The van der Waals surface area contributed by atoms with Crippen LogP contribution in [0.25, 0.3) is 0 Å². The molecule has 2 amide bonds. The van der Waals surface area contributed by atoms with Crippen LogP contribution in [0.3, 0.4) is 0 Å². The molecule has 1 aliphatic heterocycles. The maximum Gasteiger partial charge on any atom is 0.431 e. The Morgan fingerprint density at radius 3 is 2.63 bits per heavy atom. The van der Waals surface area contributed by atoms with Crippen molar-refractivity contribution in [2.24, 2.45) is 7.05 Å². The summed E-state index contributed by atoms with van der Waals surface area (Å²) in [6, 6.07) is 8.21. The van der Waals surface area contributed by atoms with Gasteiger partial charge in [-0.1, -0.05) is 22.9 Å². The van der Waals surface area contributed by atoms with Crippen LogP contribution in [0, 0.1) is 0 Å². The van der Waals surface area contributed by atoms with Crippen LogP contribution in [-0.2, 0) is 23.2 Å². The number of aryl methyl sites for hydroxylation is 1. The molecule has 3 rings (SSSR count). The molecule has 0 aliphatic carbocycles. The Bertz CT molecular complexity index is 923. The molecule has 0 bridgehead atoms. The number of thiocarbonyl (C=S) groups is 1. The summed E-state index contributed by atoms with van der Waals surface area (Å²) < 4.78 is 6.17. The highest BCUT2D eigenvalue weighted by molar-refractivity contribution is 7.80. The fraction of sp³-hybridized carbons (Fsp3) is 0.353. The fourth-order valence-corrected chi connectivity index (χ4v) is 3.38. The van der Waals surface area contributed by atoms with E-state index in [-0.39, 0.29) is 24.8 Å². The lowest BCUT2D eigenvalue weighted by molar-refractivity contribution is -0.746. The van der Waals surface area contributed by atoms with E-state index in [1.807, 2.05) is 18.2 Å². The minimum atomic E-state index is -0.782. The Hall–Kier alpha value is -3.01. The number of H-pyrrole nitrogens is 1. The quantitative estimate of drug-likeness (QED) is 0.537. The number of para-hydroxylation sites is 1. The molecule has 2 aromatic rings. The van der Waals surface area contributed by atoms with Gasteiger partial charge in [0.15, 0.2) is 12.2 Å². The summed E-state index contributed by atoms with van der Waals surface area (Å²) in [4.78, 5) is 40.1. The molecule has 1 atom stereocenters. The van der Waals surface area contributed by atoms with Gasteiger partial charge in [0, 0.05) is 12.2 Å². The van der Waals surface area contributed by atoms with Gasteiger partial charge in [-0.2, -0.15) is 0 Å². The second-order valence-corrected chi connectivity index (χ2v) is 6.48. The summed E-state index contributed by atoms with van der Waals surface area (Å²) in [5.41, 5.74) is 0.402. The van der Waals surface area contributed by atoms with E-state index in [9.17, 15) is 14.4 Å². The molecule has 142 valence electrons. The van der Waals surface area contributed by atoms with Crippen molar-refractivity contribution < 1.29 is 18.8 Å². The second-order valence-electron chi connectivity index (χ2n) is 6.11. The summed E-state index contributed by atoms with van der Waals surface area (Å²) in [5.74, 6) is -0.566. The van der Waals surface area contributed by atoms with Crippen molar-refractivity contribution in [2.75, 3.05) is 11.9 Å². The third-order valence-electron chi connectivity index (χ3n) is 4.39. The Balaban J connectivity index is 1.81. The number of hydrogen-bond donors (Lipinski definition) is 2. The number of hydrogen-bond acceptors (Lipinski definition) is 5. The number of rotatable bonds is 6. The van der Waals surface area contributed by atoms with Crippen molar-refractivity contribution in [2.45, 2.75) is 25.9 Å². The molecule has 1 fully saturated rings. The van der Waals surface area contributed by atoms with E-state index in [4.69, 9.17) is 16.7 Å². The lowest BCUT2D eigenvalue weighted by Gasteiger charge is -2.21. The van der Waals surface area contributed by atoms with Crippen molar-refractivity contribution in [3.8, 4) is 0 Å². The molecule has 1 aliphatic rings. The van der Waals surface area contributed by atoms with E-state index in [0.717, 1.165) is 0 Å². The topological polar surface area (TPSA) is 103 Å². The number of likely N-dealkylation sites (N-methyl/N-ethyl adjacent to an activating group) is 1. The van der Waals surface area contributed by atoms with Crippen molar-refractivity contribution in [3.63, 3.8) is 0 Å². The largest absolute Gasteiger partial charge is 0.431 e. The molecule has 2 heterocycles. The number of anilines is 1.